The summed E-state index contributed by atoms with van der Waals surface area (Å²) in [5, 5.41) is 9.64. The molecule has 1 aromatic carbocycles. The highest BCUT2D eigenvalue weighted by molar-refractivity contribution is 5.89. The number of hydrogen-bond donors (Lipinski definition) is 1. The van der Waals surface area contributed by atoms with Gasteiger partial charge in [0.15, 0.2) is 12.6 Å². The third-order valence-electron chi connectivity index (χ3n) is 2.31. The molecule has 0 radical (unpaired) electrons. The summed E-state index contributed by atoms with van der Waals surface area (Å²) in [7, 11) is 0. The molecule has 0 bridgehead atoms. The van der Waals surface area contributed by atoms with Crippen molar-refractivity contribution in [2.45, 2.75) is 25.0 Å². The molecule has 0 aliphatic rings. The first kappa shape index (κ1) is 12.4. The summed E-state index contributed by atoms with van der Waals surface area (Å²) < 4.78 is 5.27. The molecule has 1 atom stereocenters. The van der Waals surface area contributed by atoms with E-state index in [4.69, 9.17) is 4.74 Å². The van der Waals surface area contributed by atoms with E-state index in [1.165, 1.54) is 0 Å². The molecule has 0 spiro atoms. The fourth-order valence-corrected chi connectivity index (χ4v) is 1.31. The van der Waals surface area contributed by atoms with Crippen molar-refractivity contribution in [3.8, 4) is 5.75 Å². The van der Waals surface area contributed by atoms with Gasteiger partial charge in [0, 0.05) is 0 Å². The molecule has 1 unspecified atom stereocenters. The molecular weight excluding hydrogens is 208 g/mol. The molecule has 1 rings (SSSR count). The van der Waals surface area contributed by atoms with Crippen molar-refractivity contribution in [3.63, 3.8) is 0 Å². The Morgan fingerprint density at radius 3 is 2.31 bits per heavy atom. The predicted molar refractivity (Wildman–Crippen MR) is 58.2 cm³/mol. The number of carbonyl (C=O) groups is 2. The van der Waals surface area contributed by atoms with E-state index in [2.05, 4.69) is 0 Å². The lowest BCUT2D eigenvalue weighted by Gasteiger charge is -2.27. The standard InChI is InChI=1S/C12H14O4/c1-2-11(15)12(8-13,9-14)16-10-6-4-3-5-7-10/h3-9,11,15H,2H2,1H3. The SMILES string of the molecule is CCC(O)C(C=O)(C=O)Oc1ccccc1. The van der Waals surface area contributed by atoms with Crippen LogP contribution < -0.4 is 4.74 Å². The minimum atomic E-state index is -1.81. The lowest BCUT2D eigenvalue weighted by molar-refractivity contribution is -0.142. The molecular formula is C12H14O4. The van der Waals surface area contributed by atoms with E-state index in [1.807, 2.05) is 0 Å². The average Bonchev–Trinajstić information content (AvgIpc) is 2.36. The molecule has 4 nitrogen and oxygen atoms in total. The van der Waals surface area contributed by atoms with E-state index in [9.17, 15) is 14.7 Å². The zero-order valence-corrected chi connectivity index (χ0v) is 9.00. The van der Waals surface area contributed by atoms with E-state index in [0.717, 1.165) is 0 Å². The van der Waals surface area contributed by atoms with Crippen molar-refractivity contribution in [1.29, 1.82) is 0 Å². The van der Waals surface area contributed by atoms with E-state index >= 15 is 0 Å². The van der Waals surface area contributed by atoms with Gasteiger partial charge < -0.3 is 9.84 Å². The molecule has 16 heavy (non-hydrogen) atoms. The Labute approximate surface area is 93.9 Å². The van der Waals surface area contributed by atoms with E-state index < -0.39 is 11.7 Å². The van der Waals surface area contributed by atoms with Gasteiger partial charge in [-0.05, 0) is 18.6 Å². The molecule has 0 heterocycles. The van der Waals surface area contributed by atoms with Crippen molar-refractivity contribution < 1.29 is 19.4 Å². The molecule has 0 saturated carbocycles. The molecule has 0 aliphatic carbocycles. The fraction of sp³-hybridized carbons (Fsp3) is 0.333. The fourth-order valence-electron chi connectivity index (χ4n) is 1.31. The maximum atomic E-state index is 10.9. The highest BCUT2D eigenvalue weighted by Crippen LogP contribution is 2.19. The van der Waals surface area contributed by atoms with Crippen molar-refractivity contribution in [2.75, 3.05) is 0 Å². The van der Waals surface area contributed by atoms with Crippen LogP contribution in [0, 0.1) is 0 Å². The number of ether oxygens (including phenoxy) is 1. The summed E-state index contributed by atoms with van der Waals surface area (Å²) in [6, 6.07) is 8.45. The Hall–Kier alpha value is -1.68. The highest BCUT2D eigenvalue weighted by atomic mass is 16.5. The molecule has 1 aromatic rings. The van der Waals surface area contributed by atoms with Gasteiger partial charge in [-0.25, -0.2) is 0 Å². The number of benzene rings is 1. The normalized spacial score (nSPS) is 12.9. The number of para-hydroxylation sites is 1. The second kappa shape index (κ2) is 5.42. The molecule has 0 saturated heterocycles. The molecule has 86 valence electrons. The number of rotatable bonds is 6. The molecule has 0 fully saturated rings. The first-order chi connectivity index (χ1) is 7.68. The van der Waals surface area contributed by atoms with Crippen molar-refractivity contribution in [1.82, 2.24) is 0 Å². The van der Waals surface area contributed by atoms with Gasteiger partial charge in [-0.15, -0.1) is 0 Å². The Kier molecular flexibility index (Phi) is 4.19. The Morgan fingerprint density at radius 1 is 1.31 bits per heavy atom. The lowest BCUT2D eigenvalue weighted by Crippen LogP contribution is -2.50. The van der Waals surface area contributed by atoms with Crippen LogP contribution in [0.2, 0.25) is 0 Å². The minimum absolute atomic E-state index is 0.254. The third kappa shape index (κ3) is 2.46. The van der Waals surface area contributed by atoms with Crippen LogP contribution in [0.25, 0.3) is 0 Å². The summed E-state index contributed by atoms with van der Waals surface area (Å²) in [4.78, 5) is 21.9. The van der Waals surface area contributed by atoms with Crippen LogP contribution in [0.5, 0.6) is 5.75 Å². The zero-order chi connectivity index (χ0) is 12.0. The van der Waals surface area contributed by atoms with Crippen LogP contribution in [0.4, 0.5) is 0 Å². The summed E-state index contributed by atoms with van der Waals surface area (Å²) in [6.45, 7) is 1.67. The predicted octanol–water partition coefficient (Wildman–Crippen LogP) is 0.973. The van der Waals surface area contributed by atoms with Crippen LogP contribution >= 0.6 is 0 Å². The Balaban J connectivity index is 2.95. The summed E-state index contributed by atoms with van der Waals surface area (Å²) in [5.74, 6) is 0.370. The van der Waals surface area contributed by atoms with Crippen molar-refractivity contribution >= 4 is 12.6 Å². The maximum Gasteiger partial charge on any atom is 0.243 e. The second-order valence-corrected chi connectivity index (χ2v) is 3.43. The Morgan fingerprint density at radius 2 is 1.88 bits per heavy atom. The van der Waals surface area contributed by atoms with Crippen molar-refractivity contribution in [3.05, 3.63) is 30.3 Å². The molecule has 0 aliphatic heterocycles. The average molecular weight is 222 g/mol. The van der Waals surface area contributed by atoms with Gasteiger partial charge in [-0.3, -0.25) is 9.59 Å². The van der Waals surface area contributed by atoms with Crippen LogP contribution in [-0.4, -0.2) is 29.4 Å². The third-order valence-corrected chi connectivity index (χ3v) is 2.31. The van der Waals surface area contributed by atoms with Crippen molar-refractivity contribution in [2.24, 2.45) is 0 Å². The van der Waals surface area contributed by atoms with Gasteiger partial charge in [0.1, 0.15) is 11.9 Å². The quantitative estimate of drug-likeness (QED) is 0.575. The molecule has 0 amide bonds. The van der Waals surface area contributed by atoms with Gasteiger partial charge in [-0.1, -0.05) is 25.1 Å². The van der Waals surface area contributed by atoms with Gasteiger partial charge >= 0.3 is 0 Å². The smallest absolute Gasteiger partial charge is 0.243 e. The van der Waals surface area contributed by atoms with Crippen LogP contribution in [0.15, 0.2) is 30.3 Å². The van der Waals surface area contributed by atoms with Gasteiger partial charge in [-0.2, -0.15) is 0 Å². The van der Waals surface area contributed by atoms with Crippen LogP contribution in [0.3, 0.4) is 0 Å². The molecule has 1 N–H and O–H groups in total. The summed E-state index contributed by atoms with van der Waals surface area (Å²) in [6.07, 6.45) is -0.227. The number of aliphatic hydroxyl groups excluding tert-OH is 1. The second-order valence-electron chi connectivity index (χ2n) is 3.43. The van der Waals surface area contributed by atoms with Crippen LogP contribution in [-0.2, 0) is 9.59 Å². The van der Waals surface area contributed by atoms with E-state index in [0.29, 0.717) is 18.3 Å². The minimum Gasteiger partial charge on any atom is -0.469 e. The van der Waals surface area contributed by atoms with Gasteiger partial charge in [0.05, 0.1) is 0 Å². The van der Waals surface area contributed by atoms with Gasteiger partial charge in [0.2, 0.25) is 5.60 Å². The Bertz CT molecular complexity index is 339. The molecule has 4 heteroatoms. The number of aldehydes is 2. The lowest BCUT2D eigenvalue weighted by atomic mass is 9.98. The number of carbonyl (C=O) groups excluding carboxylic acids is 2. The van der Waals surface area contributed by atoms with E-state index in [1.54, 1.807) is 37.3 Å². The zero-order valence-electron chi connectivity index (χ0n) is 9.00. The first-order valence-electron chi connectivity index (χ1n) is 5.03. The highest BCUT2D eigenvalue weighted by Gasteiger charge is 2.39. The first-order valence-corrected chi connectivity index (χ1v) is 5.03. The summed E-state index contributed by atoms with van der Waals surface area (Å²) >= 11 is 0. The maximum absolute atomic E-state index is 10.9. The monoisotopic (exact) mass is 222 g/mol. The number of aliphatic hydroxyl groups is 1. The van der Waals surface area contributed by atoms with Gasteiger partial charge in [0.25, 0.3) is 0 Å². The van der Waals surface area contributed by atoms with E-state index in [-0.39, 0.29) is 6.42 Å². The number of hydrogen-bond acceptors (Lipinski definition) is 4. The topological polar surface area (TPSA) is 63.6 Å². The molecule has 0 aromatic heterocycles. The summed E-state index contributed by atoms with van der Waals surface area (Å²) in [5.41, 5.74) is -1.81. The largest absolute Gasteiger partial charge is 0.469 e. The van der Waals surface area contributed by atoms with Crippen LogP contribution in [0.1, 0.15) is 13.3 Å².